The molecule has 0 aliphatic rings. The summed E-state index contributed by atoms with van der Waals surface area (Å²) in [5.41, 5.74) is 0. The van der Waals surface area contributed by atoms with Crippen molar-refractivity contribution >= 4 is 17.9 Å². The first-order valence-corrected chi connectivity index (χ1v) is 27.5. The Morgan fingerprint density at radius 3 is 0.905 bits per heavy atom. The zero-order chi connectivity index (χ0) is 45.8. The molecule has 0 aromatic heterocycles. The van der Waals surface area contributed by atoms with E-state index < -0.39 is 6.10 Å². The average molecular weight is 885 g/mol. The molecule has 0 aromatic rings. The highest BCUT2D eigenvalue weighted by molar-refractivity contribution is 5.71. The van der Waals surface area contributed by atoms with Crippen molar-refractivity contribution in [1.82, 2.24) is 0 Å². The van der Waals surface area contributed by atoms with Gasteiger partial charge in [0.05, 0.1) is 0 Å². The Bertz CT molecular complexity index is 1060. The molecule has 0 bridgehead atoms. The second-order valence-corrected chi connectivity index (χ2v) is 18.5. The molecule has 6 heteroatoms. The van der Waals surface area contributed by atoms with E-state index in [0.717, 1.165) is 77.0 Å². The molecule has 0 radical (unpaired) electrons. The van der Waals surface area contributed by atoms with Crippen LogP contribution < -0.4 is 0 Å². The summed E-state index contributed by atoms with van der Waals surface area (Å²) in [6.45, 7) is 6.62. The Morgan fingerprint density at radius 1 is 0.317 bits per heavy atom. The Labute approximate surface area is 391 Å². The van der Waals surface area contributed by atoms with Crippen molar-refractivity contribution in [3.8, 4) is 0 Å². The number of hydrogen-bond donors (Lipinski definition) is 0. The van der Waals surface area contributed by atoms with Crippen LogP contribution in [0.3, 0.4) is 0 Å². The van der Waals surface area contributed by atoms with Crippen LogP contribution in [-0.2, 0) is 28.6 Å². The number of allylic oxidation sites excluding steroid dienone is 6. The molecule has 0 saturated carbocycles. The van der Waals surface area contributed by atoms with E-state index in [0.29, 0.717) is 19.3 Å². The van der Waals surface area contributed by atoms with E-state index in [1.807, 2.05) is 0 Å². The van der Waals surface area contributed by atoms with Gasteiger partial charge in [0, 0.05) is 19.3 Å². The van der Waals surface area contributed by atoms with Crippen LogP contribution in [0.25, 0.3) is 0 Å². The molecule has 0 fully saturated rings. The monoisotopic (exact) mass is 885 g/mol. The molecule has 63 heavy (non-hydrogen) atoms. The smallest absolute Gasteiger partial charge is 0.306 e. The third-order valence-corrected chi connectivity index (χ3v) is 12.1. The number of ether oxygens (including phenoxy) is 3. The average Bonchev–Trinajstić information content (AvgIpc) is 3.28. The lowest BCUT2D eigenvalue weighted by atomic mass is 10.0. The fourth-order valence-electron chi connectivity index (χ4n) is 7.94. The molecule has 0 rings (SSSR count). The first kappa shape index (κ1) is 60.6. The van der Waals surface area contributed by atoms with Gasteiger partial charge in [0.25, 0.3) is 0 Å². The van der Waals surface area contributed by atoms with Gasteiger partial charge in [0.2, 0.25) is 0 Å². The molecule has 0 saturated heterocycles. The van der Waals surface area contributed by atoms with Crippen molar-refractivity contribution in [3.05, 3.63) is 36.5 Å². The lowest BCUT2D eigenvalue weighted by Crippen LogP contribution is -2.30. The highest BCUT2D eigenvalue weighted by Gasteiger charge is 2.19. The van der Waals surface area contributed by atoms with Gasteiger partial charge in [0.1, 0.15) is 13.2 Å². The maximum Gasteiger partial charge on any atom is 0.306 e. The van der Waals surface area contributed by atoms with Crippen LogP contribution >= 0.6 is 0 Å². The summed E-state index contributed by atoms with van der Waals surface area (Å²) in [6.07, 6.45) is 61.3. The maximum absolute atomic E-state index is 12.8. The van der Waals surface area contributed by atoms with Crippen molar-refractivity contribution in [2.75, 3.05) is 13.2 Å². The van der Waals surface area contributed by atoms with Gasteiger partial charge in [-0.3, -0.25) is 14.4 Å². The fourth-order valence-corrected chi connectivity index (χ4v) is 7.94. The minimum absolute atomic E-state index is 0.0811. The molecule has 0 heterocycles. The van der Waals surface area contributed by atoms with Gasteiger partial charge in [-0.25, -0.2) is 0 Å². The summed E-state index contributed by atoms with van der Waals surface area (Å²) in [5, 5.41) is 0. The number of carbonyl (C=O) groups excluding carboxylic acids is 3. The summed E-state index contributed by atoms with van der Waals surface area (Å²) in [5.74, 6) is -0.899. The van der Waals surface area contributed by atoms with Crippen LogP contribution in [0, 0.1) is 0 Å². The van der Waals surface area contributed by atoms with Gasteiger partial charge in [-0.15, -0.1) is 0 Å². The van der Waals surface area contributed by atoms with Gasteiger partial charge < -0.3 is 14.2 Å². The molecule has 0 aromatic carbocycles. The van der Waals surface area contributed by atoms with E-state index >= 15 is 0 Å². The highest BCUT2D eigenvalue weighted by Crippen LogP contribution is 2.16. The van der Waals surface area contributed by atoms with Crippen molar-refractivity contribution in [1.29, 1.82) is 0 Å². The van der Waals surface area contributed by atoms with E-state index in [4.69, 9.17) is 14.2 Å². The molecular formula is C57H104O6. The lowest BCUT2D eigenvalue weighted by molar-refractivity contribution is -0.167. The molecule has 1 unspecified atom stereocenters. The molecular weight excluding hydrogens is 781 g/mol. The van der Waals surface area contributed by atoms with Crippen LogP contribution in [0.4, 0.5) is 0 Å². The van der Waals surface area contributed by atoms with E-state index in [1.54, 1.807) is 0 Å². The van der Waals surface area contributed by atoms with Gasteiger partial charge >= 0.3 is 17.9 Å². The molecule has 0 spiro atoms. The van der Waals surface area contributed by atoms with E-state index in [1.165, 1.54) is 173 Å². The zero-order valence-corrected chi connectivity index (χ0v) is 42.1. The third-order valence-electron chi connectivity index (χ3n) is 12.1. The molecule has 0 aliphatic carbocycles. The SMILES string of the molecule is CCCCCCC/C=C/C/C=C/CCCCCC(=O)OCC(COC(=O)CCCCCCC/C=C/CCCCCCCC)OC(=O)CCCCCCCCCCCCCCCCC. The van der Waals surface area contributed by atoms with Crippen molar-refractivity contribution in [2.24, 2.45) is 0 Å². The van der Waals surface area contributed by atoms with E-state index in [9.17, 15) is 14.4 Å². The second kappa shape index (κ2) is 52.3. The number of unbranched alkanes of at least 4 members (excludes halogenated alkanes) is 33. The van der Waals surface area contributed by atoms with Crippen LogP contribution in [0.1, 0.15) is 290 Å². The van der Waals surface area contributed by atoms with Crippen LogP contribution in [-0.4, -0.2) is 37.2 Å². The second-order valence-electron chi connectivity index (χ2n) is 18.5. The molecule has 0 aliphatic heterocycles. The Kier molecular flexibility index (Phi) is 50.3. The van der Waals surface area contributed by atoms with Crippen LogP contribution in [0.2, 0.25) is 0 Å². The van der Waals surface area contributed by atoms with Crippen molar-refractivity contribution in [3.63, 3.8) is 0 Å². The van der Waals surface area contributed by atoms with Gasteiger partial charge in [-0.1, -0.05) is 231 Å². The highest BCUT2D eigenvalue weighted by atomic mass is 16.6. The zero-order valence-electron chi connectivity index (χ0n) is 42.1. The summed E-state index contributed by atoms with van der Waals surface area (Å²) in [6, 6.07) is 0. The predicted molar refractivity (Wildman–Crippen MR) is 270 cm³/mol. The Hall–Kier alpha value is -2.37. The van der Waals surface area contributed by atoms with E-state index in [-0.39, 0.29) is 31.1 Å². The summed E-state index contributed by atoms with van der Waals surface area (Å²) in [4.78, 5) is 38.0. The quantitative estimate of drug-likeness (QED) is 0.0262. The molecule has 0 amide bonds. The molecule has 6 nitrogen and oxygen atoms in total. The summed E-state index contributed by atoms with van der Waals surface area (Å²) >= 11 is 0. The first-order valence-electron chi connectivity index (χ1n) is 27.5. The van der Waals surface area contributed by atoms with Gasteiger partial charge in [-0.2, -0.15) is 0 Å². The summed E-state index contributed by atoms with van der Waals surface area (Å²) in [7, 11) is 0. The maximum atomic E-state index is 12.8. The van der Waals surface area contributed by atoms with Gasteiger partial charge in [-0.05, 0) is 77.0 Å². The Balaban J connectivity index is 4.40. The number of esters is 3. The minimum atomic E-state index is -0.781. The number of carbonyl (C=O) groups is 3. The fraction of sp³-hybridized carbons (Fsp3) is 0.842. The predicted octanol–water partition coefficient (Wildman–Crippen LogP) is 18.1. The van der Waals surface area contributed by atoms with Gasteiger partial charge in [0.15, 0.2) is 6.10 Å². The molecule has 368 valence electrons. The van der Waals surface area contributed by atoms with Crippen LogP contribution in [0.15, 0.2) is 36.5 Å². The molecule has 0 N–H and O–H groups in total. The largest absolute Gasteiger partial charge is 0.462 e. The van der Waals surface area contributed by atoms with E-state index in [2.05, 4.69) is 57.2 Å². The van der Waals surface area contributed by atoms with Crippen LogP contribution in [0.5, 0.6) is 0 Å². The number of hydrogen-bond acceptors (Lipinski definition) is 6. The standard InChI is InChI=1S/C57H104O6/c1-4-7-10-13-16-19-22-25-28-31-34-37-40-43-46-49-55(58)61-52-54(63-57(60)51-48-45-42-39-36-33-30-27-24-21-18-15-12-9-6-3)53-62-56(59)50-47-44-41-38-35-32-29-26-23-20-17-14-11-8-5-2/h22,25-26,29,31,34,54H,4-21,23-24,27-28,30,32-33,35-53H2,1-3H3/b25-22+,29-26+,34-31+. The first-order chi connectivity index (χ1) is 31.0. The van der Waals surface area contributed by atoms with Crippen molar-refractivity contribution < 1.29 is 28.6 Å². The topological polar surface area (TPSA) is 78.9 Å². The lowest BCUT2D eigenvalue weighted by Gasteiger charge is -2.18. The third kappa shape index (κ3) is 50.5. The normalized spacial score (nSPS) is 12.2. The minimum Gasteiger partial charge on any atom is -0.462 e. The number of rotatable bonds is 50. The van der Waals surface area contributed by atoms with Crippen molar-refractivity contribution in [2.45, 2.75) is 297 Å². The Morgan fingerprint density at radius 2 is 0.571 bits per heavy atom. The molecule has 1 atom stereocenters. The summed E-state index contributed by atoms with van der Waals surface area (Å²) < 4.78 is 16.8.